The minimum Gasteiger partial charge on any atom is -0.450 e. The highest BCUT2D eigenvalue weighted by Crippen LogP contribution is 2.33. The fourth-order valence-electron chi connectivity index (χ4n) is 3.80. The monoisotopic (exact) mass is 446 g/mol. The summed E-state index contributed by atoms with van der Waals surface area (Å²) in [6.07, 6.45) is 1.96. The molecule has 2 aromatic carbocycles. The third-order valence-corrected chi connectivity index (χ3v) is 5.49. The number of carbonyl (C=O) groups excluding carboxylic acids is 2. The zero-order valence-corrected chi connectivity index (χ0v) is 19.4. The van der Waals surface area contributed by atoms with Crippen molar-refractivity contribution in [1.29, 1.82) is 0 Å². The highest BCUT2D eigenvalue weighted by Gasteiger charge is 2.25. The number of hydrogen-bond acceptors (Lipinski definition) is 4. The summed E-state index contributed by atoms with van der Waals surface area (Å²) in [4.78, 5) is 30.2. The van der Waals surface area contributed by atoms with Gasteiger partial charge >= 0.3 is 6.09 Å². The molecule has 0 saturated heterocycles. The Balaban J connectivity index is 2.01. The molecule has 0 bridgehead atoms. The molecule has 0 fully saturated rings. The highest BCUT2D eigenvalue weighted by atomic mass is 16.5. The van der Waals surface area contributed by atoms with Gasteiger partial charge in [-0.05, 0) is 42.5 Å². The van der Waals surface area contributed by atoms with Gasteiger partial charge in [0.05, 0.1) is 12.1 Å². The van der Waals surface area contributed by atoms with Crippen molar-refractivity contribution in [3.63, 3.8) is 0 Å². The van der Waals surface area contributed by atoms with Gasteiger partial charge < -0.3 is 15.4 Å². The first-order valence-corrected chi connectivity index (χ1v) is 11.5. The van der Waals surface area contributed by atoms with Gasteiger partial charge in [-0.2, -0.15) is 0 Å². The molecule has 3 rings (SSSR count). The molecule has 0 aliphatic rings. The lowest BCUT2D eigenvalue weighted by atomic mass is 9.90. The van der Waals surface area contributed by atoms with Crippen LogP contribution in [0.25, 0.3) is 22.0 Å². The van der Waals surface area contributed by atoms with Crippen LogP contribution >= 0.6 is 0 Å². The molecule has 2 amide bonds. The van der Waals surface area contributed by atoms with Crippen molar-refractivity contribution in [3.05, 3.63) is 72.8 Å². The molecule has 1 radical (unpaired) electrons. The Morgan fingerprint density at radius 1 is 1.09 bits per heavy atom. The number of ether oxygens (including phenoxy) is 1. The fraction of sp³-hybridized carbons (Fsp3) is 0.333. The molecule has 1 aromatic heterocycles. The Hall–Kier alpha value is -3.41. The number of para-hydroxylation sites is 1. The first-order valence-electron chi connectivity index (χ1n) is 11.5. The van der Waals surface area contributed by atoms with Crippen LogP contribution in [0.5, 0.6) is 0 Å². The van der Waals surface area contributed by atoms with Crippen molar-refractivity contribution >= 4 is 22.9 Å². The normalized spacial score (nSPS) is 11.7. The number of aromatic nitrogens is 1. The zero-order valence-electron chi connectivity index (χ0n) is 19.4. The van der Waals surface area contributed by atoms with Gasteiger partial charge in [0.2, 0.25) is 5.91 Å². The predicted octanol–water partition coefficient (Wildman–Crippen LogP) is 4.99. The molecule has 0 saturated carbocycles. The van der Waals surface area contributed by atoms with Crippen molar-refractivity contribution in [3.8, 4) is 11.1 Å². The zero-order chi connectivity index (χ0) is 23.6. The van der Waals surface area contributed by atoms with Crippen LogP contribution in [0.1, 0.15) is 37.4 Å². The van der Waals surface area contributed by atoms with Crippen LogP contribution in [0, 0.1) is 13.8 Å². The van der Waals surface area contributed by atoms with Gasteiger partial charge in [0.1, 0.15) is 6.04 Å². The van der Waals surface area contributed by atoms with E-state index in [0.29, 0.717) is 26.0 Å². The molecule has 0 spiro atoms. The van der Waals surface area contributed by atoms with Crippen LogP contribution in [0.15, 0.2) is 54.6 Å². The van der Waals surface area contributed by atoms with E-state index in [2.05, 4.69) is 29.7 Å². The van der Waals surface area contributed by atoms with Gasteiger partial charge in [0, 0.05) is 24.0 Å². The number of nitrogens with zero attached hydrogens (tertiary/aromatic N) is 1. The van der Waals surface area contributed by atoms with Crippen LogP contribution in [-0.2, 0) is 16.0 Å². The molecule has 0 aliphatic heterocycles. The molecule has 6 heteroatoms. The van der Waals surface area contributed by atoms with Crippen LogP contribution in [-0.4, -0.2) is 36.2 Å². The maximum atomic E-state index is 13.0. The molecule has 33 heavy (non-hydrogen) atoms. The van der Waals surface area contributed by atoms with Gasteiger partial charge in [-0.15, -0.1) is 0 Å². The van der Waals surface area contributed by atoms with Gasteiger partial charge in [0.15, 0.2) is 0 Å². The van der Waals surface area contributed by atoms with Crippen LogP contribution < -0.4 is 10.6 Å². The summed E-state index contributed by atoms with van der Waals surface area (Å²) < 4.78 is 5.26. The fourth-order valence-corrected chi connectivity index (χ4v) is 3.80. The van der Waals surface area contributed by atoms with Gasteiger partial charge in [-0.1, -0.05) is 68.8 Å². The van der Waals surface area contributed by atoms with E-state index >= 15 is 0 Å². The van der Waals surface area contributed by atoms with Crippen molar-refractivity contribution in [2.24, 2.45) is 0 Å². The molecule has 6 nitrogen and oxygen atoms in total. The molecule has 173 valence electrons. The predicted molar refractivity (Wildman–Crippen MR) is 132 cm³/mol. The Kier molecular flexibility index (Phi) is 8.81. The summed E-state index contributed by atoms with van der Waals surface area (Å²) >= 11 is 0. The minimum atomic E-state index is -0.796. The lowest BCUT2D eigenvalue weighted by Gasteiger charge is -2.22. The second-order valence-electron chi connectivity index (χ2n) is 7.97. The number of unbranched alkanes of at least 4 members (excludes halogenated alkanes) is 1. The number of alkyl carbamates (subject to hydrolysis) is 1. The summed E-state index contributed by atoms with van der Waals surface area (Å²) in [6, 6.07) is 17.2. The third-order valence-electron chi connectivity index (χ3n) is 5.49. The van der Waals surface area contributed by atoms with E-state index in [-0.39, 0.29) is 5.91 Å². The number of nitrogens with one attached hydrogen (secondary N) is 2. The van der Waals surface area contributed by atoms with Crippen molar-refractivity contribution in [2.45, 2.75) is 45.6 Å². The van der Waals surface area contributed by atoms with Crippen LogP contribution in [0.4, 0.5) is 4.79 Å². The first-order chi connectivity index (χ1) is 16.0. The summed E-state index contributed by atoms with van der Waals surface area (Å²) in [5, 5.41) is 6.62. The SMILES string of the molecule is [CH2]CCNC(=O)C(Cc1c(C)nc2ccccc2c1-c1ccccc1)NC(=O)OCCCC. The average molecular weight is 447 g/mol. The van der Waals surface area contributed by atoms with Crippen LogP contribution in [0.3, 0.4) is 0 Å². The van der Waals surface area contributed by atoms with E-state index in [1.54, 1.807) is 0 Å². The van der Waals surface area contributed by atoms with E-state index in [1.807, 2.05) is 56.3 Å². The summed E-state index contributed by atoms with van der Waals surface area (Å²) in [6.45, 7) is 8.50. The van der Waals surface area contributed by atoms with E-state index in [1.165, 1.54) is 0 Å². The largest absolute Gasteiger partial charge is 0.450 e. The van der Waals surface area contributed by atoms with Crippen molar-refractivity contribution in [2.75, 3.05) is 13.2 Å². The summed E-state index contributed by atoms with van der Waals surface area (Å²) in [7, 11) is 0. The molecule has 1 atom stereocenters. The highest BCUT2D eigenvalue weighted by molar-refractivity contribution is 5.97. The number of hydrogen-bond donors (Lipinski definition) is 2. The molecule has 3 aromatic rings. The van der Waals surface area contributed by atoms with Gasteiger partial charge in [-0.3, -0.25) is 9.78 Å². The molecule has 0 aliphatic carbocycles. The van der Waals surface area contributed by atoms with E-state index in [0.717, 1.165) is 46.1 Å². The molecular formula is C27H32N3O3. The quantitative estimate of drug-likeness (QED) is 0.430. The number of pyridine rings is 1. The van der Waals surface area contributed by atoms with Gasteiger partial charge in [0.25, 0.3) is 0 Å². The Morgan fingerprint density at radius 3 is 2.55 bits per heavy atom. The second-order valence-corrected chi connectivity index (χ2v) is 7.97. The Labute approximate surface area is 195 Å². The number of amides is 2. The smallest absolute Gasteiger partial charge is 0.407 e. The molecule has 2 N–H and O–H groups in total. The number of fused-ring (bicyclic) bond motifs is 1. The topological polar surface area (TPSA) is 80.3 Å². The maximum Gasteiger partial charge on any atom is 0.407 e. The second kappa shape index (κ2) is 12.0. The van der Waals surface area contributed by atoms with E-state index in [4.69, 9.17) is 9.72 Å². The maximum absolute atomic E-state index is 13.0. The molecule has 1 unspecified atom stereocenters. The first kappa shape index (κ1) is 24.2. The Morgan fingerprint density at radius 2 is 1.82 bits per heavy atom. The summed E-state index contributed by atoms with van der Waals surface area (Å²) in [5.41, 5.74) is 4.70. The molecule has 1 heterocycles. The number of rotatable bonds is 10. The van der Waals surface area contributed by atoms with Crippen molar-refractivity contribution in [1.82, 2.24) is 15.6 Å². The Bertz CT molecular complexity index is 1080. The van der Waals surface area contributed by atoms with Crippen molar-refractivity contribution < 1.29 is 14.3 Å². The number of aryl methyl sites for hydroxylation is 1. The van der Waals surface area contributed by atoms with E-state index < -0.39 is 12.1 Å². The standard InChI is InChI=1S/C27H32N3O3/c1-4-6-17-33-27(32)30-24(26(31)28-16-5-2)18-22-19(3)29-23-15-11-10-14-21(23)25(22)20-12-8-7-9-13-20/h7-15,24H,2,4-6,16-18H2,1,3H3,(H,28,31)(H,30,32). The van der Waals surface area contributed by atoms with Crippen LogP contribution in [0.2, 0.25) is 0 Å². The lowest BCUT2D eigenvalue weighted by Crippen LogP contribution is -2.48. The lowest BCUT2D eigenvalue weighted by molar-refractivity contribution is -0.123. The van der Waals surface area contributed by atoms with Gasteiger partial charge in [-0.25, -0.2) is 4.79 Å². The van der Waals surface area contributed by atoms with E-state index in [9.17, 15) is 9.59 Å². The average Bonchev–Trinajstić information content (AvgIpc) is 2.83. The molecular weight excluding hydrogens is 414 g/mol. The third kappa shape index (κ3) is 6.31. The minimum absolute atomic E-state index is 0.266. The number of carbonyl (C=O) groups is 2. The number of benzene rings is 2. The summed E-state index contributed by atoms with van der Waals surface area (Å²) in [5.74, 6) is -0.266.